The zero-order valence-electron chi connectivity index (χ0n) is 25.3. The Bertz CT molecular complexity index is 1600. The molecule has 2 aliphatic rings. The number of benzene rings is 3. The normalized spacial score (nSPS) is 22.9. The molecule has 3 aromatic carbocycles. The van der Waals surface area contributed by atoms with Crippen molar-refractivity contribution < 1.29 is 40.7 Å². The summed E-state index contributed by atoms with van der Waals surface area (Å²) in [5.74, 6) is -6.37. The maximum Gasteiger partial charge on any atom is 0.406 e. The van der Waals surface area contributed by atoms with E-state index >= 15 is 8.78 Å². The molecule has 1 aliphatic carbocycles. The Labute approximate surface area is 270 Å². The number of carboxylic acid groups (broad SMARTS) is 1. The van der Waals surface area contributed by atoms with Gasteiger partial charge in [0.05, 0.1) is 10.8 Å². The maximum atomic E-state index is 15.1. The van der Waals surface area contributed by atoms with Gasteiger partial charge >= 0.3 is 6.09 Å². The minimum atomic E-state index is -3.86. The molecular weight excluding hydrogens is 640 g/mol. The molecule has 5 rings (SSSR count). The molecule has 1 saturated heterocycles. The predicted molar refractivity (Wildman–Crippen MR) is 165 cm³/mol. The molecule has 0 bridgehead atoms. The highest BCUT2D eigenvalue weighted by atomic mass is 32.2. The first-order valence-corrected chi connectivity index (χ1v) is 16.7. The molecule has 2 fully saturated rings. The summed E-state index contributed by atoms with van der Waals surface area (Å²) in [4.78, 5) is 25.3. The van der Waals surface area contributed by atoms with Crippen LogP contribution in [-0.2, 0) is 14.8 Å². The molecule has 3 aromatic rings. The van der Waals surface area contributed by atoms with E-state index in [0.717, 1.165) is 24.3 Å². The third kappa shape index (κ3) is 7.83. The van der Waals surface area contributed by atoms with Crippen LogP contribution in [-0.4, -0.2) is 73.5 Å². The zero-order valence-corrected chi connectivity index (χ0v) is 26.1. The largest absolute Gasteiger partial charge is 0.465 e. The SMILES string of the molecule is O=C[C@@](NC(=O)O)(NC1CC(F)(F)CC1CC[C@H]1CNCCN1S(=O)(=O)c1ccccc1)C(c1ccc(F)cc1)c1ccc(F)cc1. The van der Waals surface area contributed by atoms with Crippen molar-refractivity contribution in [2.75, 3.05) is 19.6 Å². The summed E-state index contributed by atoms with van der Waals surface area (Å²) < 4.78 is 86.4. The van der Waals surface area contributed by atoms with Gasteiger partial charge < -0.3 is 10.4 Å². The lowest BCUT2D eigenvalue weighted by Crippen LogP contribution is -2.66. The number of rotatable bonds is 12. The lowest BCUT2D eigenvalue weighted by molar-refractivity contribution is -0.115. The Morgan fingerprint density at radius 2 is 1.57 bits per heavy atom. The van der Waals surface area contributed by atoms with E-state index in [0.29, 0.717) is 13.1 Å². The van der Waals surface area contributed by atoms with Crippen molar-refractivity contribution in [3.63, 3.8) is 0 Å². The molecule has 1 heterocycles. The van der Waals surface area contributed by atoms with Crippen LogP contribution in [0.25, 0.3) is 0 Å². The molecule has 252 valence electrons. The lowest BCUT2D eigenvalue weighted by atomic mass is 9.79. The van der Waals surface area contributed by atoms with Gasteiger partial charge in [0.25, 0.3) is 0 Å². The topological polar surface area (TPSA) is 128 Å². The molecule has 1 saturated carbocycles. The molecule has 9 nitrogen and oxygen atoms in total. The predicted octanol–water partition coefficient (Wildman–Crippen LogP) is 4.71. The van der Waals surface area contributed by atoms with Gasteiger partial charge in [-0.05, 0) is 66.3 Å². The monoisotopic (exact) mass is 676 g/mol. The zero-order chi connectivity index (χ0) is 33.8. The third-order valence-electron chi connectivity index (χ3n) is 8.95. The Morgan fingerprint density at radius 1 is 0.979 bits per heavy atom. The fourth-order valence-electron chi connectivity index (χ4n) is 6.84. The Hall–Kier alpha value is -3.85. The van der Waals surface area contributed by atoms with Crippen LogP contribution in [0.1, 0.15) is 42.7 Å². The molecule has 47 heavy (non-hydrogen) atoms. The summed E-state index contributed by atoms with van der Waals surface area (Å²) in [6.45, 7) is 0.923. The second-order valence-electron chi connectivity index (χ2n) is 12.1. The van der Waals surface area contributed by atoms with Crippen molar-refractivity contribution in [3.8, 4) is 0 Å². The first-order valence-electron chi connectivity index (χ1n) is 15.2. The highest BCUT2D eigenvalue weighted by Gasteiger charge is 2.52. The number of alkyl halides is 2. The van der Waals surface area contributed by atoms with E-state index in [1.807, 2.05) is 0 Å². The molecule has 0 spiro atoms. The van der Waals surface area contributed by atoms with Crippen LogP contribution in [0.3, 0.4) is 0 Å². The van der Waals surface area contributed by atoms with Crippen molar-refractivity contribution >= 4 is 22.4 Å². The van der Waals surface area contributed by atoms with Gasteiger partial charge in [-0.3, -0.25) is 15.4 Å². The standard InChI is InChI=1S/C33H36F4N4O5S/c34-25-11-6-22(7-12-25)30(23-8-13-26(35)14-9-23)33(21-42,40-31(43)44)39-29-19-32(36,37)18-24(29)10-15-27-20-38-16-17-41(27)47(45,46)28-4-2-1-3-5-28/h1-9,11-14,21,24,27,29-30,38-40H,10,15-20H2,(H,43,44)/t24?,27-,29?,33-/m0/s1. The Balaban J connectivity index is 1.46. The molecular formula is C33H36F4N4O5S. The summed E-state index contributed by atoms with van der Waals surface area (Å²) in [5, 5.41) is 18.2. The van der Waals surface area contributed by atoms with Crippen molar-refractivity contribution in [1.29, 1.82) is 0 Å². The number of hydrogen-bond donors (Lipinski definition) is 4. The van der Waals surface area contributed by atoms with Gasteiger partial charge in [0.2, 0.25) is 15.9 Å². The van der Waals surface area contributed by atoms with E-state index in [9.17, 15) is 31.9 Å². The molecule has 2 unspecified atom stereocenters. The molecule has 4 N–H and O–H groups in total. The third-order valence-corrected chi connectivity index (χ3v) is 10.9. The van der Waals surface area contributed by atoms with Gasteiger partial charge in [-0.1, -0.05) is 42.5 Å². The average Bonchev–Trinajstić information content (AvgIpc) is 3.34. The van der Waals surface area contributed by atoms with Gasteiger partial charge in [0.15, 0.2) is 11.9 Å². The molecule has 14 heteroatoms. The van der Waals surface area contributed by atoms with Crippen LogP contribution in [0.2, 0.25) is 0 Å². The summed E-state index contributed by atoms with van der Waals surface area (Å²) in [7, 11) is -3.86. The fourth-order valence-corrected chi connectivity index (χ4v) is 8.52. The second-order valence-corrected chi connectivity index (χ2v) is 14.0. The number of hydrogen-bond acceptors (Lipinski definition) is 6. The molecule has 4 atom stereocenters. The van der Waals surface area contributed by atoms with E-state index in [4.69, 9.17) is 0 Å². The number of sulfonamides is 1. The van der Waals surface area contributed by atoms with Crippen molar-refractivity contribution in [1.82, 2.24) is 20.3 Å². The van der Waals surface area contributed by atoms with Crippen LogP contribution in [0.15, 0.2) is 83.8 Å². The number of carbonyl (C=O) groups is 2. The minimum Gasteiger partial charge on any atom is -0.465 e. The lowest BCUT2D eigenvalue weighted by Gasteiger charge is -2.41. The highest BCUT2D eigenvalue weighted by Crippen LogP contribution is 2.44. The van der Waals surface area contributed by atoms with Gasteiger partial charge in [0, 0.05) is 44.6 Å². The highest BCUT2D eigenvalue weighted by molar-refractivity contribution is 7.89. The molecule has 0 aromatic heterocycles. The van der Waals surface area contributed by atoms with E-state index in [1.165, 1.54) is 40.7 Å². The maximum absolute atomic E-state index is 15.1. The summed E-state index contributed by atoms with van der Waals surface area (Å²) in [6, 6.07) is 16.1. The summed E-state index contributed by atoms with van der Waals surface area (Å²) in [6.07, 6.45) is -2.28. The number of piperazine rings is 1. The second kappa shape index (κ2) is 14.1. The van der Waals surface area contributed by atoms with Crippen LogP contribution in [0, 0.1) is 17.6 Å². The number of aldehydes is 1. The van der Waals surface area contributed by atoms with Crippen LogP contribution in [0.5, 0.6) is 0 Å². The van der Waals surface area contributed by atoms with E-state index < -0.39 is 76.1 Å². The van der Waals surface area contributed by atoms with Crippen molar-refractivity contribution in [2.24, 2.45) is 5.92 Å². The first-order chi connectivity index (χ1) is 22.3. The van der Waals surface area contributed by atoms with Gasteiger partial charge in [-0.2, -0.15) is 4.31 Å². The van der Waals surface area contributed by atoms with Gasteiger partial charge in [-0.15, -0.1) is 0 Å². The van der Waals surface area contributed by atoms with E-state index in [-0.39, 0.29) is 41.7 Å². The summed E-state index contributed by atoms with van der Waals surface area (Å²) >= 11 is 0. The quantitative estimate of drug-likeness (QED) is 0.124. The number of nitrogens with zero attached hydrogens (tertiary/aromatic N) is 1. The smallest absolute Gasteiger partial charge is 0.406 e. The van der Waals surface area contributed by atoms with Crippen molar-refractivity contribution in [3.05, 3.63) is 102 Å². The van der Waals surface area contributed by atoms with Gasteiger partial charge in [0.1, 0.15) is 11.6 Å². The van der Waals surface area contributed by atoms with Crippen LogP contribution >= 0.6 is 0 Å². The fraction of sp³-hybridized carbons (Fsp3) is 0.394. The number of carbonyl (C=O) groups excluding carboxylic acids is 1. The van der Waals surface area contributed by atoms with Crippen LogP contribution < -0.4 is 16.0 Å². The first kappa shape index (κ1) is 34.5. The number of amides is 1. The average molecular weight is 677 g/mol. The number of halogens is 4. The minimum absolute atomic E-state index is 0.127. The summed E-state index contributed by atoms with van der Waals surface area (Å²) in [5.41, 5.74) is -1.70. The molecule has 1 aliphatic heterocycles. The van der Waals surface area contributed by atoms with Crippen LogP contribution in [0.4, 0.5) is 22.4 Å². The van der Waals surface area contributed by atoms with E-state index in [2.05, 4.69) is 16.0 Å². The van der Waals surface area contributed by atoms with Gasteiger partial charge in [-0.25, -0.2) is 30.8 Å². The molecule has 1 amide bonds. The van der Waals surface area contributed by atoms with Crippen molar-refractivity contribution in [2.45, 2.75) is 60.2 Å². The Kier molecular flexibility index (Phi) is 10.3. The Morgan fingerprint density at radius 3 is 2.13 bits per heavy atom. The van der Waals surface area contributed by atoms with E-state index in [1.54, 1.807) is 18.2 Å². The molecule has 0 radical (unpaired) electrons. The number of nitrogens with one attached hydrogen (secondary N) is 3.